The maximum absolute atomic E-state index is 12.7. The van der Waals surface area contributed by atoms with Crippen LogP contribution >= 0.6 is 0 Å². The zero-order valence-corrected chi connectivity index (χ0v) is 40.6. The smallest absolute Gasteiger partial charge is 0.306 e. The second-order valence-corrected chi connectivity index (χ2v) is 17.1. The van der Waals surface area contributed by atoms with Crippen molar-refractivity contribution in [1.29, 1.82) is 0 Å². The SMILES string of the molecule is CC/C=C\C/C=C\C/C=C\C/C=C\C/C=C\C/C=C\CCCCCCCCC(=O)OCC(COC(=O)CCCCCCC)OC(=O)CCCCCCCCCCCCCCCC. The van der Waals surface area contributed by atoms with Crippen molar-refractivity contribution in [3.05, 3.63) is 72.9 Å². The third-order valence-electron chi connectivity index (χ3n) is 11.0. The lowest BCUT2D eigenvalue weighted by molar-refractivity contribution is -0.167. The first-order valence-corrected chi connectivity index (χ1v) is 25.9. The molecule has 0 saturated carbocycles. The summed E-state index contributed by atoms with van der Waals surface area (Å²) in [7, 11) is 0. The van der Waals surface area contributed by atoms with Crippen LogP contribution in [0.2, 0.25) is 0 Å². The Bertz CT molecular complexity index is 1180. The van der Waals surface area contributed by atoms with Crippen LogP contribution in [-0.4, -0.2) is 37.2 Å². The number of allylic oxidation sites excluding steroid dienone is 12. The van der Waals surface area contributed by atoms with Crippen LogP contribution in [0.1, 0.15) is 245 Å². The molecule has 0 rings (SSSR count). The molecule has 0 saturated heterocycles. The normalized spacial score (nSPS) is 12.6. The standard InChI is InChI=1S/C56H96O6/c1-4-7-10-13-15-17-19-21-23-24-25-26-27-28-29-30-31-32-33-35-36-38-40-43-46-49-55(58)61-52-53(51-60-54(57)48-45-42-12-9-6-3)62-56(59)50-47-44-41-39-37-34-22-20-18-16-14-11-8-5-2/h7,10,15,17,21,23,25-26,28-29,31-32,53H,4-6,8-9,11-14,16,18-20,22,24,27,30,33-52H2,1-3H3/b10-7-,17-15-,23-21-,26-25-,29-28-,32-31-. The number of hydrogen-bond acceptors (Lipinski definition) is 6. The van der Waals surface area contributed by atoms with Gasteiger partial charge in [-0.1, -0.05) is 229 Å². The summed E-state index contributed by atoms with van der Waals surface area (Å²) >= 11 is 0. The van der Waals surface area contributed by atoms with Gasteiger partial charge in [0, 0.05) is 19.3 Å². The molecular weight excluding hydrogens is 769 g/mol. The molecule has 0 fully saturated rings. The molecule has 6 nitrogen and oxygen atoms in total. The molecule has 0 bridgehead atoms. The molecule has 0 N–H and O–H groups in total. The van der Waals surface area contributed by atoms with E-state index >= 15 is 0 Å². The molecule has 356 valence electrons. The van der Waals surface area contributed by atoms with Crippen LogP contribution in [0.4, 0.5) is 0 Å². The van der Waals surface area contributed by atoms with Gasteiger partial charge in [-0.3, -0.25) is 14.4 Å². The minimum Gasteiger partial charge on any atom is -0.462 e. The van der Waals surface area contributed by atoms with Crippen LogP contribution < -0.4 is 0 Å². The van der Waals surface area contributed by atoms with Gasteiger partial charge in [-0.2, -0.15) is 0 Å². The second kappa shape index (κ2) is 50.5. The van der Waals surface area contributed by atoms with Crippen LogP contribution in [0.5, 0.6) is 0 Å². The average molecular weight is 865 g/mol. The van der Waals surface area contributed by atoms with Crippen LogP contribution in [0.3, 0.4) is 0 Å². The summed E-state index contributed by atoms with van der Waals surface area (Å²) in [5, 5.41) is 0. The van der Waals surface area contributed by atoms with Crippen molar-refractivity contribution in [2.24, 2.45) is 0 Å². The largest absolute Gasteiger partial charge is 0.462 e. The van der Waals surface area contributed by atoms with E-state index in [2.05, 4.69) is 93.7 Å². The van der Waals surface area contributed by atoms with E-state index in [0.29, 0.717) is 19.3 Å². The molecule has 0 aromatic carbocycles. The van der Waals surface area contributed by atoms with Gasteiger partial charge in [-0.25, -0.2) is 0 Å². The van der Waals surface area contributed by atoms with Crippen LogP contribution in [0, 0.1) is 0 Å². The Balaban J connectivity index is 4.16. The highest BCUT2D eigenvalue weighted by molar-refractivity contribution is 5.71. The highest BCUT2D eigenvalue weighted by Gasteiger charge is 2.19. The van der Waals surface area contributed by atoms with Crippen molar-refractivity contribution in [2.45, 2.75) is 252 Å². The van der Waals surface area contributed by atoms with Gasteiger partial charge in [-0.05, 0) is 70.6 Å². The summed E-state index contributed by atoms with van der Waals surface area (Å²) in [6.07, 6.45) is 63.5. The number of carbonyl (C=O) groups is 3. The van der Waals surface area contributed by atoms with Gasteiger partial charge in [-0.15, -0.1) is 0 Å². The lowest BCUT2D eigenvalue weighted by atomic mass is 10.0. The molecule has 1 atom stereocenters. The highest BCUT2D eigenvalue weighted by Crippen LogP contribution is 2.15. The second-order valence-electron chi connectivity index (χ2n) is 17.1. The average Bonchev–Trinajstić information content (AvgIpc) is 3.27. The Hall–Kier alpha value is -3.15. The fourth-order valence-electron chi connectivity index (χ4n) is 7.09. The van der Waals surface area contributed by atoms with E-state index in [1.54, 1.807) is 0 Å². The summed E-state index contributed by atoms with van der Waals surface area (Å²) in [4.78, 5) is 37.6. The van der Waals surface area contributed by atoms with Gasteiger partial charge in [0.1, 0.15) is 13.2 Å². The zero-order valence-electron chi connectivity index (χ0n) is 40.6. The molecule has 62 heavy (non-hydrogen) atoms. The van der Waals surface area contributed by atoms with Crippen molar-refractivity contribution >= 4 is 17.9 Å². The maximum Gasteiger partial charge on any atom is 0.306 e. The number of hydrogen-bond donors (Lipinski definition) is 0. The molecule has 6 heteroatoms. The third-order valence-corrected chi connectivity index (χ3v) is 11.0. The molecule has 0 spiro atoms. The number of rotatable bonds is 46. The predicted molar refractivity (Wildman–Crippen MR) is 265 cm³/mol. The van der Waals surface area contributed by atoms with Crippen molar-refractivity contribution in [3.8, 4) is 0 Å². The Morgan fingerprint density at radius 3 is 0.984 bits per heavy atom. The fourth-order valence-corrected chi connectivity index (χ4v) is 7.09. The van der Waals surface area contributed by atoms with Crippen molar-refractivity contribution in [3.63, 3.8) is 0 Å². The Labute approximate surface area is 382 Å². The molecule has 0 aromatic rings. The minimum atomic E-state index is -0.775. The van der Waals surface area contributed by atoms with E-state index in [1.807, 2.05) is 0 Å². The molecule has 0 aromatic heterocycles. The Morgan fingerprint density at radius 2 is 0.629 bits per heavy atom. The highest BCUT2D eigenvalue weighted by atomic mass is 16.6. The van der Waals surface area contributed by atoms with Gasteiger partial charge in [0.2, 0.25) is 0 Å². The van der Waals surface area contributed by atoms with Crippen LogP contribution in [-0.2, 0) is 28.6 Å². The maximum atomic E-state index is 12.7. The third kappa shape index (κ3) is 47.9. The first kappa shape index (κ1) is 58.9. The first-order valence-electron chi connectivity index (χ1n) is 25.9. The van der Waals surface area contributed by atoms with Crippen molar-refractivity contribution in [2.75, 3.05) is 13.2 Å². The topological polar surface area (TPSA) is 78.9 Å². The number of esters is 3. The van der Waals surface area contributed by atoms with E-state index < -0.39 is 6.10 Å². The quantitative estimate of drug-likeness (QED) is 0.0262. The zero-order chi connectivity index (χ0) is 45.1. The number of ether oxygens (including phenoxy) is 3. The summed E-state index contributed by atoms with van der Waals surface area (Å²) in [6, 6.07) is 0. The van der Waals surface area contributed by atoms with Gasteiger partial charge >= 0.3 is 17.9 Å². The predicted octanol–water partition coefficient (Wildman–Crippen LogP) is 17.0. The van der Waals surface area contributed by atoms with E-state index in [9.17, 15) is 14.4 Å². The number of unbranched alkanes of at least 4 members (excludes halogenated alkanes) is 23. The first-order chi connectivity index (χ1) is 30.5. The van der Waals surface area contributed by atoms with E-state index in [-0.39, 0.29) is 31.1 Å². The molecule has 0 aliphatic carbocycles. The summed E-state index contributed by atoms with van der Waals surface area (Å²) in [5.74, 6) is -0.905. The summed E-state index contributed by atoms with van der Waals surface area (Å²) in [5.41, 5.74) is 0. The van der Waals surface area contributed by atoms with Gasteiger partial charge < -0.3 is 14.2 Å². The molecule has 0 heterocycles. The van der Waals surface area contributed by atoms with Gasteiger partial charge in [0.05, 0.1) is 0 Å². The van der Waals surface area contributed by atoms with Crippen molar-refractivity contribution in [1.82, 2.24) is 0 Å². The summed E-state index contributed by atoms with van der Waals surface area (Å²) in [6.45, 7) is 6.43. The molecule has 0 amide bonds. The van der Waals surface area contributed by atoms with Gasteiger partial charge in [0.15, 0.2) is 6.10 Å². The van der Waals surface area contributed by atoms with Crippen LogP contribution in [0.15, 0.2) is 72.9 Å². The molecule has 1 unspecified atom stereocenters. The number of carbonyl (C=O) groups excluding carboxylic acids is 3. The van der Waals surface area contributed by atoms with E-state index in [4.69, 9.17) is 14.2 Å². The fraction of sp³-hybridized carbons (Fsp3) is 0.732. The van der Waals surface area contributed by atoms with Gasteiger partial charge in [0.25, 0.3) is 0 Å². The Kier molecular flexibility index (Phi) is 47.9. The lowest BCUT2D eigenvalue weighted by Crippen LogP contribution is -2.30. The minimum absolute atomic E-state index is 0.0792. The molecular formula is C56H96O6. The van der Waals surface area contributed by atoms with E-state index in [0.717, 1.165) is 109 Å². The Morgan fingerprint density at radius 1 is 0.339 bits per heavy atom. The monoisotopic (exact) mass is 865 g/mol. The molecule has 0 radical (unpaired) electrons. The van der Waals surface area contributed by atoms with Crippen molar-refractivity contribution < 1.29 is 28.6 Å². The summed E-state index contributed by atoms with van der Waals surface area (Å²) < 4.78 is 16.7. The molecule has 0 aliphatic heterocycles. The molecule has 0 aliphatic rings. The van der Waals surface area contributed by atoms with E-state index in [1.165, 1.54) is 96.3 Å². The van der Waals surface area contributed by atoms with Crippen LogP contribution in [0.25, 0.3) is 0 Å². The lowest BCUT2D eigenvalue weighted by Gasteiger charge is -2.18.